The molecular weight excluding hydrogens is 158 g/mol. The lowest BCUT2D eigenvalue weighted by molar-refractivity contribution is 0.475. The van der Waals surface area contributed by atoms with Gasteiger partial charge in [-0.05, 0) is 6.07 Å². The third kappa shape index (κ3) is 0.795. The van der Waals surface area contributed by atoms with Gasteiger partial charge in [0.05, 0.1) is 0 Å². The Morgan fingerprint density at radius 1 is 1.58 bits per heavy atom. The Labute approximate surface area is 67.5 Å². The highest BCUT2D eigenvalue weighted by Gasteiger charge is 2.02. The van der Waals surface area contributed by atoms with E-state index in [1.54, 1.807) is 7.05 Å². The maximum Gasteiger partial charge on any atom is 0.350 e. The summed E-state index contributed by atoms with van der Waals surface area (Å²) >= 11 is 0. The van der Waals surface area contributed by atoms with Gasteiger partial charge >= 0.3 is 5.69 Å². The fraction of sp³-hybridized carbons (Fsp3) is 0.143. The molecule has 5 nitrogen and oxygen atoms in total. The molecule has 0 aliphatic rings. The molecule has 0 saturated heterocycles. The molecule has 2 rings (SSSR count). The minimum Gasteiger partial charge on any atom is -0.508 e. The Morgan fingerprint density at radius 3 is 3.08 bits per heavy atom. The first-order chi connectivity index (χ1) is 5.68. The topological polar surface area (TPSA) is 59.5 Å². The molecule has 5 heteroatoms. The van der Waals surface area contributed by atoms with Gasteiger partial charge in [-0.15, -0.1) is 0 Å². The Morgan fingerprint density at radius 2 is 2.33 bits per heavy atom. The van der Waals surface area contributed by atoms with Gasteiger partial charge in [-0.2, -0.15) is 5.10 Å². The van der Waals surface area contributed by atoms with Gasteiger partial charge < -0.3 is 5.11 Å². The second kappa shape index (κ2) is 2.10. The van der Waals surface area contributed by atoms with Gasteiger partial charge in [-0.25, -0.2) is 9.48 Å². The summed E-state index contributed by atoms with van der Waals surface area (Å²) in [6, 6.07) is 2.87. The van der Waals surface area contributed by atoms with Gasteiger partial charge in [-0.3, -0.25) is 4.40 Å². The fourth-order valence-corrected chi connectivity index (χ4v) is 1.07. The second-order valence-electron chi connectivity index (χ2n) is 2.52. The minimum absolute atomic E-state index is 0.105. The zero-order valence-corrected chi connectivity index (χ0v) is 6.43. The van der Waals surface area contributed by atoms with Crippen LogP contribution < -0.4 is 5.69 Å². The fourth-order valence-electron chi connectivity index (χ4n) is 1.07. The molecule has 0 saturated carbocycles. The van der Waals surface area contributed by atoms with Crippen molar-refractivity contribution in [2.24, 2.45) is 7.05 Å². The quantitative estimate of drug-likeness (QED) is 0.585. The monoisotopic (exact) mass is 165 g/mol. The van der Waals surface area contributed by atoms with E-state index < -0.39 is 0 Å². The number of rotatable bonds is 0. The van der Waals surface area contributed by atoms with Crippen LogP contribution in [0.15, 0.2) is 23.1 Å². The highest BCUT2D eigenvalue weighted by molar-refractivity contribution is 5.42. The average molecular weight is 165 g/mol. The predicted molar refractivity (Wildman–Crippen MR) is 42.1 cm³/mol. The summed E-state index contributed by atoms with van der Waals surface area (Å²) in [4.78, 5) is 11.2. The van der Waals surface area contributed by atoms with Crippen molar-refractivity contribution in [2.75, 3.05) is 0 Å². The summed E-state index contributed by atoms with van der Waals surface area (Å²) in [6.07, 6.45) is 1.49. The highest BCUT2D eigenvalue weighted by atomic mass is 16.3. The maximum absolute atomic E-state index is 11.2. The average Bonchev–Trinajstić information content (AvgIpc) is 2.28. The summed E-state index contributed by atoms with van der Waals surface area (Å²) in [5.41, 5.74) is 0.229. The molecule has 2 aromatic rings. The Hall–Kier alpha value is -1.78. The van der Waals surface area contributed by atoms with E-state index in [4.69, 9.17) is 5.11 Å². The molecule has 0 fully saturated rings. The van der Waals surface area contributed by atoms with Crippen LogP contribution in [0.3, 0.4) is 0 Å². The van der Waals surface area contributed by atoms with E-state index in [9.17, 15) is 4.79 Å². The van der Waals surface area contributed by atoms with Gasteiger partial charge in [-0.1, -0.05) is 0 Å². The smallest absolute Gasteiger partial charge is 0.350 e. The van der Waals surface area contributed by atoms with Gasteiger partial charge in [0.1, 0.15) is 5.75 Å². The van der Waals surface area contributed by atoms with E-state index in [0.29, 0.717) is 5.65 Å². The van der Waals surface area contributed by atoms with Crippen molar-refractivity contribution in [1.82, 2.24) is 14.2 Å². The maximum atomic E-state index is 11.2. The predicted octanol–water partition coefficient (Wildman–Crippen LogP) is -0.261. The van der Waals surface area contributed by atoms with Crippen molar-refractivity contribution in [3.8, 4) is 5.75 Å². The first-order valence-electron chi connectivity index (χ1n) is 3.43. The number of hydrogen-bond donors (Lipinski definition) is 1. The SMILES string of the molecule is Cn1nc2cc(O)ccn2c1=O. The lowest BCUT2D eigenvalue weighted by atomic mass is 10.4. The summed E-state index contributed by atoms with van der Waals surface area (Å²) in [5.74, 6) is 0.105. The van der Waals surface area contributed by atoms with Crippen molar-refractivity contribution in [3.05, 3.63) is 28.8 Å². The van der Waals surface area contributed by atoms with Crippen LogP contribution in [0.5, 0.6) is 5.75 Å². The van der Waals surface area contributed by atoms with E-state index in [2.05, 4.69) is 5.10 Å². The number of pyridine rings is 1. The Bertz CT molecular complexity index is 483. The van der Waals surface area contributed by atoms with E-state index in [-0.39, 0.29) is 11.4 Å². The van der Waals surface area contributed by atoms with Crippen molar-refractivity contribution >= 4 is 5.65 Å². The lowest BCUT2D eigenvalue weighted by Gasteiger charge is -1.89. The Balaban J connectivity index is 2.97. The normalized spacial score (nSPS) is 10.8. The second-order valence-corrected chi connectivity index (χ2v) is 2.52. The van der Waals surface area contributed by atoms with Crippen molar-refractivity contribution in [3.63, 3.8) is 0 Å². The molecule has 0 unspecified atom stereocenters. The van der Waals surface area contributed by atoms with Crippen LogP contribution >= 0.6 is 0 Å². The highest BCUT2D eigenvalue weighted by Crippen LogP contribution is 2.08. The largest absolute Gasteiger partial charge is 0.508 e. The van der Waals surface area contributed by atoms with E-state index in [1.165, 1.54) is 27.4 Å². The van der Waals surface area contributed by atoms with Crippen LogP contribution in [-0.4, -0.2) is 19.3 Å². The third-order valence-corrected chi connectivity index (χ3v) is 1.65. The first-order valence-corrected chi connectivity index (χ1v) is 3.43. The molecule has 0 amide bonds. The van der Waals surface area contributed by atoms with Crippen LogP contribution in [-0.2, 0) is 7.05 Å². The molecule has 2 heterocycles. The molecule has 0 radical (unpaired) electrons. The summed E-state index contributed by atoms with van der Waals surface area (Å²) in [7, 11) is 1.56. The number of aromatic hydroxyl groups is 1. The van der Waals surface area contributed by atoms with Gasteiger partial charge in [0.15, 0.2) is 5.65 Å². The van der Waals surface area contributed by atoms with Crippen LogP contribution in [0.2, 0.25) is 0 Å². The van der Waals surface area contributed by atoms with Gasteiger partial charge in [0.25, 0.3) is 0 Å². The molecule has 0 atom stereocenters. The van der Waals surface area contributed by atoms with Crippen molar-refractivity contribution in [1.29, 1.82) is 0 Å². The van der Waals surface area contributed by atoms with E-state index in [0.717, 1.165) is 0 Å². The van der Waals surface area contributed by atoms with E-state index in [1.807, 2.05) is 0 Å². The molecule has 2 aromatic heterocycles. The number of aryl methyl sites for hydroxylation is 1. The third-order valence-electron chi connectivity index (χ3n) is 1.65. The molecule has 0 aliphatic heterocycles. The standard InChI is InChI=1S/C7H7N3O2/c1-9-7(12)10-3-2-5(11)4-6(10)8-9/h2-4,11H,1H3. The van der Waals surface area contributed by atoms with Crippen molar-refractivity contribution < 1.29 is 5.11 Å². The molecule has 0 bridgehead atoms. The van der Waals surface area contributed by atoms with Crippen LogP contribution in [0.25, 0.3) is 5.65 Å². The minimum atomic E-state index is -0.218. The van der Waals surface area contributed by atoms with E-state index >= 15 is 0 Å². The van der Waals surface area contributed by atoms with Crippen molar-refractivity contribution in [2.45, 2.75) is 0 Å². The molecule has 62 valence electrons. The van der Waals surface area contributed by atoms with Crippen LogP contribution in [0.4, 0.5) is 0 Å². The number of hydrogen-bond acceptors (Lipinski definition) is 3. The molecule has 0 aliphatic carbocycles. The lowest BCUT2D eigenvalue weighted by Crippen LogP contribution is -2.17. The molecule has 0 spiro atoms. The zero-order chi connectivity index (χ0) is 8.72. The van der Waals surface area contributed by atoms with Gasteiger partial charge in [0.2, 0.25) is 0 Å². The Kier molecular flexibility index (Phi) is 1.21. The zero-order valence-electron chi connectivity index (χ0n) is 6.43. The number of aromatic nitrogens is 3. The number of fused-ring (bicyclic) bond motifs is 1. The summed E-state index contributed by atoms with van der Waals surface area (Å²) in [5, 5.41) is 12.9. The first kappa shape index (κ1) is 6.90. The van der Waals surface area contributed by atoms with Crippen LogP contribution in [0, 0.1) is 0 Å². The summed E-state index contributed by atoms with van der Waals surface area (Å²) < 4.78 is 2.58. The van der Waals surface area contributed by atoms with Crippen LogP contribution in [0.1, 0.15) is 0 Å². The van der Waals surface area contributed by atoms with Gasteiger partial charge in [0, 0.05) is 19.3 Å². The summed E-state index contributed by atoms with van der Waals surface area (Å²) in [6.45, 7) is 0. The molecule has 1 N–H and O–H groups in total. The molecular formula is C7H7N3O2. The number of nitrogens with zero attached hydrogens (tertiary/aromatic N) is 3. The molecule has 12 heavy (non-hydrogen) atoms. The molecule has 0 aromatic carbocycles.